The molecule has 1 amide bonds. The van der Waals surface area contributed by atoms with Crippen LogP contribution in [0.15, 0.2) is 0 Å². The molecule has 0 aromatic carbocycles. The van der Waals surface area contributed by atoms with Crippen LogP contribution in [0.1, 0.15) is 33.1 Å². The molecule has 2 atom stereocenters. The number of hydrogen-bond donors (Lipinski definition) is 2. The van der Waals surface area contributed by atoms with Gasteiger partial charge in [-0.3, -0.25) is 14.5 Å². The Morgan fingerprint density at radius 1 is 1.44 bits per heavy atom. The molecule has 0 radical (unpaired) electrons. The number of likely N-dealkylation sites (N-methyl/N-ethyl adjacent to an activating group) is 1. The maximum atomic E-state index is 11.6. The predicted molar refractivity (Wildman–Crippen MR) is 60.1 cm³/mol. The molecule has 0 aliphatic carbocycles. The van der Waals surface area contributed by atoms with Crippen LogP contribution in [0.25, 0.3) is 0 Å². The quantitative estimate of drug-likeness (QED) is 0.736. The number of aliphatic carboxylic acids is 1. The van der Waals surface area contributed by atoms with Gasteiger partial charge in [0.05, 0.1) is 6.04 Å². The lowest BCUT2D eigenvalue weighted by molar-refractivity contribution is -0.156. The van der Waals surface area contributed by atoms with Gasteiger partial charge in [0.15, 0.2) is 0 Å². The highest BCUT2D eigenvalue weighted by Gasteiger charge is 2.44. The Hall–Kier alpha value is -1.10. The van der Waals surface area contributed by atoms with Crippen molar-refractivity contribution < 1.29 is 14.7 Å². The second-order valence-electron chi connectivity index (χ2n) is 4.52. The number of carbonyl (C=O) groups excluding carboxylic acids is 1. The molecule has 0 aromatic heterocycles. The van der Waals surface area contributed by atoms with Crippen molar-refractivity contribution in [1.82, 2.24) is 10.2 Å². The van der Waals surface area contributed by atoms with Gasteiger partial charge in [0, 0.05) is 13.6 Å². The third-order valence-corrected chi connectivity index (χ3v) is 3.50. The molecule has 1 aliphatic rings. The van der Waals surface area contributed by atoms with Crippen molar-refractivity contribution in [3.63, 3.8) is 0 Å². The molecule has 0 spiro atoms. The SMILES string of the molecule is CNC(=O)C(C)N1CCCCC1(C)C(=O)O. The summed E-state index contributed by atoms with van der Waals surface area (Å²) in [6, 6.07) is -0.397. The summed E-state index contributed by atoms with van der Waals surface area (Å²) < 4.78 is 0. The van der Waals surface area contributed by atoms with Crippen LogP contribution in [0, 0.1) is 0 Å². The molecule has 1 aliphatic heterocycles. The van der Waals surface area contributed by atoms with E-state index in [9.17, 15) is 14.7 Å². The third-order valence-electron chi connectivity index (χ3n) is 3.50. The first-order valence-electron chi connectivity index (χ1n) is 5.65. The van der Waals surface area contributed by atoms with E-state index in [2.05, 4.69) is 5.32 Å². The lowest BCUT2D eigenvalue weighted by Crippen LogP contribution is -2.61. The molecule has 5 nitrogen and oxygen atoms in total. The van der Waals surface area contributed by atoms with Crippen LogP contribution < -0.4 is 5.32 Å². The van der Waals surface area contributed by atoms with Crippen LogP contribution in [0.5, 0.6) is 0 Å². The Labute approximate surface area is 95.8 Å². The van der Waals surface area contributed by atoms with Gasteiger partial charge < -0.3 is 10.4 Å². The summed E-state index contributed by atoms with van der Waals surface area (Å²) in [7, 11) is 1.57. The van der Waals surface area contributed by atoms with Crippen LogP contribution in [-0.2, 0) is 9.59 Å². The Balaban J connectivity index is 2.90. The Bertz CT molecular complexity index is 293. The second kappa shape index (κ2) is 4.82. The lowest BCUT2D eigenvalue weighted by Gasteiger charge is -2.44. The highest BCUT2D eigenvalue weighted by molar-refractivity contribution is 5.84. The minimum Gasteiger partial charge on any atom is -0.480 e. The largest absolute Gasteiger partial charge is 0.480 e. The summed E-state index contributed by atoms with van der Waals surface area (Å²) >= 11 is 0. The fourth-order valence-electron chi connectivity index (χ4n) is 2.34. The predicted octanol–water partition coefficient (Wildman–Crippen LogP) is 0.450. The zero-order chi connectivity index (χ0) is 12.3. The number of carboxylic acids is 1. The van der Waals surface area contributed by atoms with Crippen LogP contribution >= 0.6 is 0 Å². The first-order valence-corrected chi connectivity index (χ1v) is 5.65. The molecule has 0 aromatic rings. The molecule has 5 heteroatoms. The molecule has 2 unspecified atom stereocenters. The number of likely N-dealkylation sites (tertiary alicyclic amines) is 1. The average Bonchev–Trinajstić information content (AvgIpc) is 2.27. The van der Waals surface area contributed by atoms with Gasteiger partial charge >= 0.3 is 5.97 Å². The van der Waals surface area contributed by atoms with E-state index in [1.807, 2.05) is 0 Å². The number of amides is 1. The Kier molecular flexibility index (Phi) is 3.91. The monoisotopic (exact) mass is 228 g/mol. The number of carboxylic acid groups (broad SMARTS) is 1. The highest BCUT2D eigenvalue weighted by atomic mass is 16.4. The summed E-state index contributed by atoms with van der Waals surface area (Å²) in [6.45, 7) is 4.12. The molecule has 1 rings (SSSR count). The van der Waals surface area contributed by atoms with E-state index >= 15 is 0 Å². The van der Waals surface area contributed by atoms with Crippen molar-refractivity contribution in [1.29, 1.82) is 0 Å². The first kappa shape index (κ1) is 13.0. The van der Waals surface area contributed by atoms with E-state index in [-0.39, 0.29) is 5.91 Å². The summed E-state index contributed by atoms with van der Waals surface area (Å²) in [6.07, 6.45) is 2.45. The van der Waals surface area contributed by atoms with E-state index in [0.29, 0.717) is 13.0 Å². The van der Waals surface area contributed by atoms with Crippen LogP contribution in [0.4, 0.5) is 0 Å². The van der Waals surface area contributed by atoms with Gasteiger partial charge in [-0.2, -0.15) is 0 Å². The van der Waals surface area contributed by atoms with E-state index in [1.54, 1.807) is 25.8 Å². The van der Waals surface area contributed by atoms with E-state index in [0.717, 1.165) is 12.8 Å². The summed E-state index contributed by atoms with van der Waals surface area (Å²) in [5, 5.41) is 11.9. The maximum Gasteiger partial charge on any atom is 0.323 e. The molecule has 1 heterocycles. The average molecular weight is 228 g/mol. The van der Waals surface area contributed by atoms with Crippen LogP contribution in [0.2, 0.25) is 0 Å². The van der Waals surface area contributed by atoms with Gasteiger partial charge in [-0.05, 0) is 33.1 Å². The molecule has 0 bridgehead atoms. The minimum absolute atomic E-state index is 0.130. The van der Waals surface area contributed by atoms with Gasteiger partial charge in [0.25, 0.3) is 0 Å². The zero-order valence-corrected chi connectivity index (χ0v) is 10.1. The third kappa shape index (κ3) is 2.19. The number of rotatable bonds is 3. The molecule has 2 N–H and O–H groups in total. The van der Waals surface area contributed by atoms with Crippen molar-refractivity contribution >= 4 is 11.9 Å². The summed E-state index contributed by atoms with van der Waals surface area (Å²) in [5.74, 6) is -0.975. The lowest BCUT2D eigenvalue weighted by atomic mass is 9.87. The second-order valence-corrected chi connectivity index (χ2v) is 4.52. The number of nitrogens with one attached hydrogen (secondary N) is 1. The van der Waals surface area contributed by atoms with Gasteiger partial charge in [0.1, 0.15) is 5.54 Å². The normalized spacial score (nSPS) is 28.4. The number of piperidine rings is 1. The number of nitrogens with zero attached hydrogens (tertiary/aromatic N) is 1. The van der Waals surface area contributed by atoms with Crippen molar-refractivity contribution in [3.8, 4) is 0 Å². The zero-order valence-electron chi connectivity index (χ0n) is 10.1. The number of hydrogen-bond acceptors (Lipinski definition) is 3. The van der Waals surface area contributed by atoms with E-state index < -0.39 is 17.6 Å². The minimum atomic E-state index is -0.913. The standard InChI is InChI=1S/C11H20N2O3/c1-8(9(14)12-3)13-7-5-4-6-11(13,2)10(15)16/h8H,4-7H2,1-3H3,(H,12,14)(H,15,16). The Morgan fingerprint density at radius 3 is 2.56 bits per heavy atom. The van der Waals surface area contributed by atoms with Gasteiger partial charge in [0.2, 0.25) is 5.91 Å². The number of carbonyl (C=O) groups is 2. The smallest absolute Gasteiger partial charge is 0.323 e. The molecular weight excluding hydrogens is 208 g/mol. The molecule has 1 saturated heterocycles. The maximum absolute atomic E-state index is 11.6. The Morgan fingerprint density at radius 2 is 2.06 bits per heavy atom. The highest BCUT2D eigenvalue weighted by Crippen LogP contribution is 2.30. The van der Waals surface area contributed by atoms with Gasteiger partial charge in [-0.1, -0.05) is 0 Å². The van der Waals surface area contributed by atoms with Crippen molar-refractivity contribution in [2.45, 2.75) is 44.7 Å². The van der Waals surface area contributed by atoms with Crippen LogP contribution in [-0.4, -0.2) is 47.1 Å². The summed E-state index contributed by atoms with van der Waals surface area (Å²) in [4.78, 5) is 24.7. The fraction of sp³-hybridized carbons (Fsp3) is 0.818. The first-order chi connectivity index (χ1) is 7.43. The topological polar surface area (TPSA) is 69.6 Å². The van der Waals surface area contributed by atoms with Crippen molar-refractivity contribution in [2.75, 3.05) is 13.6 Å². The van der Waals surface area contributed by atoms with Crippen molar-refractivity contribution in [2.24, 2.45) is 0 Å². The van der Waals surface area contributed by atoms with Crippen LogP contribution in [0.3, 0.4) is 0 Å². The fourth-order valence-corrected chi connectivity index (χ4v) is 2.34. The summed E-state index contributed by atoms with van der Waals surface area (Å²) in [5.41, 5.74) is -0.913. The molecular formula is C11H20N2O3. The molecule has 92 valence electrons. The molecule has 0 saturated carbocycles. The molecule has 1 fully saturated rings. The molecule has 16 heavy (non-hydrogen) atoms. The van der Waals surface area contributed by atoms with Crippen molar-refractivity contribution in [3.05, 3.63) is 0 Å². The van der Waals surface area contributed by atoms with E-state index in [4.69, 9.17) is 0 Å². The van der Waals surface area contributed by atoms with E-state index in [1.165, 1.54) is 0 Å². The van der Waals surface area contributed by atoms with Gasteiger partial charge in [-0.15, -0.1) is 0 Å². The van der Waals surface area contributed by atoms with Gasteiger partial charge in [-0.25, -0.2) is 0 Å².